The second-order valence-electron chi connectivity index (χ2n) is 12.8. The maximum atomic E-state index is 12.9. The van der Waals surface area contributed by atoms with Gasteiger partial charge in [-0.05, 0) is 69.6 Å². The maximum absolute atomic E-state index is 12.9. The molecule has 0 aromatic heterocycles. The van der Waals surface area contributed by atoms with Gasteiger partial charge in [0.25, 0.3) is 0 Å². The van der Waals surface area contributed by atoms with Crippen LogP contribution in [-0.2, 0) is 19.6 Å². The molecular formula is C40H65NaO7S. The molecule has 0 aliphatic heterocycles. The molecular weight excluding hydrogens is 647 g/mol. The van der Waals surface area contributed by atoms with Gasteiger partial charge in [0.05, 0.1) is 29.2 Å². The molecule has 0 amide bonds. The molecule has 0 spiro atoms. The third-order valence-electron chi connectivity index (χ3n) is 8.52. The van der Waals surface area contributed by atoms with Crippen molar-refractivity contribution in [2.75, 3.05) is 13.2 Å². The average Bonchev–Trinajstić information content (AvgIpc) is 3.07. The summed E-state index contributed by atoms with van der Waals surface area (Å²) in [4.78, 5) is 25.1. The Balaban J connectivity index is 0.0000230. The van der Waals surface area contributed by atoms with E-state index in [0.29, 0.717) is 12.8 Å². The minimum absolute atomic E-state index is 0. The van der Waals surface area contributed by atoms with E-state index in [1.807, 2.05) is 0 Å². The molecule has 7 nitrogen and oxygen atoms in total. The van der Waals surface area contributed by atoms with E-state index in [1.165, 1.54) is 89.9 Å². The molecule has 1 aromatic rings. The van der Waals surface area contributed by atoms with Crippen LogP contribution in [0, 0.1) is 0 Å². The largest absolute Gasteiger partial charge is 1.00 e. The number of benzene rings is 1. The second kappa shape index (κ2) is 32.5. The minimum Gasteiger partial charge on any atom is -0.744 e. The number of esters is 2. The summed E-state index contributed by atoms with van der Waals surface area (Å²) >= 11 is 0. The van der Waals surface area contributed by atoms with Crippen LogP contribution in [0.25, 0.3) is 0 Å². The number of ether oxygens (including phenoxy) is 2. The zero-order valence-electron chi connectivity index (χ0n) is 31.2. The SMILES string of the molecule is CC/C=C/CCCCCCCCCCCCOC(=O)c1ccc(S(=O)(=O)[O-])cc1C(=O)OCCCCCCCCCCCC/C=C/CC.[Na+]. The van der Waals surface area contributed by atoms with Crippen molar-refractivity contribution in [3.63, 3.8) is 0 Å². The zero-order chi connectivity index (χ0) is 35.1. The van der Waals surface area contributed by atoms with E-state index in [4.69, 9.17) is 9.47 Å². The van der Waals surface area contributed by atoms with E-state index in [-0.39, 0.29) is 53.9 Å². The van der Waals surface area contributed by atoms with Crippen molar-refractivity contribution in [2.45, 2.75) is 173 Å². The topological polar surface area (TPSA) is 110 Å². The smallest absolute Gasteiger partial charge is 0.744 e. The van der Waals surface area contributed by atoms with Crippen molar-refractivity contribution in [1.82, 2.24) is 0 Å². The Labute approximate surface area is 321 Å². The molecule has 0 unspecified atom stereocenters. The molecule has 0 radical (unpaired) electrons. The summed E-state index contributed by atoms with van der Waals surface area (Å²) in [5, 5.41) is 0. The van der Waals surface area contributed by atoms with Crippen LogP contribution in [0.1, 0.15) is 189 Å². The molecule has 9 heteroatoms. The Morgan fingerprint density at radius 3 is 1.27 bits per heavy atom. The summed E-state index contributed by atoms with van der Waals surface area (Å²) in [5.74, 6) is -1.55. The molecule has 1 aromatic carbocycles. The van der Waals surface area contributed by atoms with Crippen LogP contribution in [0.3, 0.4) is 0 Å². The Kier molecular flexibility index (Phi) is 31.5. The first-order chi connectivity index (χ1) is 23.3. The van der Waals surface area contributed by atoms with Gasteiger partial charge in [-0.15, -0.1) is 0 Å². The number of carbonyl (C=O) groups is 2. The van der Waals surface area contributed by atoms with E-state index in [0.717, 1.165) is 69.6 Å². The molecule has 0 saturated heterocycles. The fraction of sp³-hybridized carbons (Fsp3) is 0.700. The van der Waals surface area contributed by atoms with Crippen LogP contribution >= 0.6 is 0 Å². The van der Waals surface area contributed by atoms with Gasteiger partial charge in [-0.25, -0.2) is 18.0 Å². The van der Waals surface area contributed by atoms with Gasteiger partial charge in [0.15, 0.2) is 0 Å². The van der Waals surface area contributed by atoms with E-state index in [9.17, 15) is 22.6 Å². The van der Waals surface area contributed by atoms with Crippen LogP contribution in [-0.4, -0.2) is 38.1 Å². The maximum Gasteiger partial charge on any atom is 1.00 e. The third kappa shape index (κ3) is 26.1. The van der Waals surface area contributed by atoms with Gasteiger partial charge in [0, 0.05) is 0 Å². The van der Waals surface area contributed by atoms with Gasteiger partial charge in [-0.2, -0.15) is 0 Å². The average molecular weight is 713 g/mol. The summed E-state index contributed by atoms with van der Waals surface area (Å²) in [7, 11) is -4.81. The van der Waals surface area contributed by atoms with Gasteiger partial charge >= 0.3 is 41.5 Å². The molecule has 0 aliphatic rings. The van der Waals surface area contributed by atoms with E-state index in [2.05, 4.69) is 38.2 Å². The Morgan fingerprint density at radius 2 is 0.898 bits per heavy atom. The first-order valence-electron chi connectivity index (χ1n) is 19.0. The summed E-state index contributed by atoms with van der Waals surface area (Å²) < 4.78 is 45.6. The fourth-order valence-corrected chi connectivity index (χ4v) is 6.13. The second-order valence-corrected chi connectivity index (χ2v) is 14.2. The molecule has 0 atom stereocenters. The van der Waals surface area contributed by atoms with Gasteiger partial charge in [0.1, 0.15) is 10.1 Å². The number of allylic oxidation sites excluding steroid dienone is 4. The number of hydrogen-bond acceptors (Lipinski definition) is 7. The van der Waals surface area contributed by atoms with Crippen molar-refractivity contribution in [3.05, 3.63) is 53.6 Å². The molecule has 0 N–H and O–H groups in total. The predicted molar refractivity (Wildman–Crippen MR) is 195 cm³/mol. The first-order valence-corrected chi connectivity index (χ1v) is 20.5. The van der Waals surface area contributed by atoms with Crippen molar-refractivity contribution in [2.24, 2.45) is 0 Å². The monoisotopic (exact) mass is 712 g/mol. The standard InChI is InChI=1S/C40H66O7S.Na/c1-3-5-7-9-11-13-15-17-19-21-23-25-27-29-33-46-39(41)37-32-31-36(48(43,44)45)35-38(37)40(42)47-34-30-28-26-24-22-20-18-16-14-12-10-8-6-4-2;/h5-8,31-32,35H,3-4,9-30,33-34H2,1-2H3,(H,43,44,45);/q;+1/p-1/b7-5+,8-6+;. The summed E-state index contributed by atoms with van der Waals surface area (Å²) in [5.41, 5.74) is -0.345. The normalized spacial score (nSPS) is 11.7. The Hall–Kier alpha value is -1.45. The van der Waals surface area contributed by atoms with Crippen molar-refractivity contribution >= 4 is 22.1 Å². The molecule has 0 heterocycles. The van der Waals surface area contributed by atoms with E-state index >= 15 is 0 Å². The predicted octanol–water partition coefficient (Wildman–Crippen LogP) is 8.42. The molecule has 0 aliphatic carbocycles. The van der Waals surface area contributed by atoms with Gasteiger partial charge in [-0.3, -0.25) is 0 Å². The molecule has 0 fully saturated rings. The summed E-state index contributed by atoms with van der Waals surface area (Å²) in [6, 6.07) is 3.12. The van der Waals surface area contributed by atoms with E-state index in [1.54, 1.807) is 0 Å². The Bertz CT molecular complexity index is 1150. The number of rotatable bonds is 31. The number of carbonyl (C=O) groups excluding carboxylic acids is 2. The molecule has 0 bridgehead atoms. The van der Waals surface area contributed by atoms with Crippen LogP contribution in [0.4, 0.5) is 0 Å². The molecule has 0 saturated carbocycles. The van der Waals surface area contributed by atoms with Gasteiger partial charge < -0.3 is 14.0 Å². The van der Waals surface area contributed by atoms with Crippen molar-refractivity contribution in [1.29, 1.82) is 0 Å². The van der Waals surface area contributed by atoms with Gasteiger partial charge in [0.2, 0.25) is 0 Å². The van der Waals surface area contributed by atoms with Gasteiger partial charge in [-0.1, -0.05) is 141 Å². The third-order valence-corrected chi connectivity index (χ3v) is 9.35. The van der Waals surface area contributed by atoms with Crippen LogP contribution in [0.2, 0.25) is 0 Å². The van der Waals surface area contributed by atoms with Crippen LogP contribution in [0.5, 0.6) is 0 Å². The zero-order valence-corrected chi connectivity index (χ0v) is 34.0. The number of hydrogen-bond donors (Lipinski definition) is 0. The molecule has 1 rings (SSSR count). The minimum atomic E-state index is -4.81. The van der Waals surface area contributed by atoms with E-state index < -0.39 is 27.0 Å². The molecule has 274 valence electrons. The quantitative estimate of drug-likeness (QED) is 0.0250. The van der Waals surface area contributed by atoms with Crippen LogP contribution in [0.15, 0.2) is 47.4 Å². The van der Waals surface area contributed by atoms with Crippen LogP contribution < -0.4 is 29.6 Å². The van der Waals surface area contributed by atoms with Crippen molar-refractivity contribution < 1.29 is 61.6 Å². The Morgan fingerprint density at radius 1 is 0.551 bits per heavy atom. The summed E-state index contributed by atoms with van der Waals surface area (Å²) in [6.45, 7) is 4.68. The first kappa shape index (κ1) is 47.5. The molecule has 49 heavy (non-hydrogen) atoms. The number of unbranched alkanes of at least 4 members (excludes halogenated alkanes) is 20. The fourth-order valence-electron chi connectivity index (χ4n) is 5.64. The summed E-state index contributed by atoms with van der Waals surface area (Å²) in [6.07, 6.45) is 36.5. The van der Waals surface area contributed by atoms with Crippen molar-refractivity contribution in [3.8, 4) is 0 Å².